The third-order valence-electron chi connectivity index (χ3n) is 3.58. The van der Waals surface area contributed by atoms with Gasteiger partial charge in [-0.1, -0.05) is 30.3 Å². The first-order valence-electron chi connectivity index (χ1n) is 6.53. The molecule has 0 aromatic heterocycles. The standard InChI is InChI=1S/C17H15NO2/c1-11-15-5-3-2-4-12(15)8-13-9-14(6-7-16(11)13)18-10-17(19)20/h2-9,18H,10H2,1H3,(H,19,20). The summed E-state index contributed by atoms with van der Waals surface area (Å²) in [5, 5.41) is 16.4. The molecule has 0 fully saturated rings. The fourth-order valence-corrected chi connectivity index (χ4v) is 2.59. The summed E-state index contributed by atoms with van der Waals surface area (Å²) in [7, 11) is 0. The number of rotatable bonds is 3. The molecule has 0 aliphatic heterocycles. The summed E-state index contributed by atoms with van der Waals surface area (Å²) in [5.41, 5.74) is 2.08. The highest BCUT2D eigenvalue weighted by Gasteiger charge is 2.05. The molecule has 3 rings (SSSR count). The molecule has 3 nitrogen and oxygen atoms in total. The number of carbonyl (C=O) groups is 1. The van der Waals surface area contributed by atoms with Gasteiger partial charge in [-0.25, -0.2) is 0 Å². The minimum absolute atomic E-state index is 0.0714. The molecule has 3 aromatic rings. The SMILES string of the molecule is Cc1c2ccccc2cc2cc(NCC(=O)O)ccc12. The van der Waals surface area contributed by atoms with Crippen molar-refractivity contribution in [3.05, 3.63) is 54.1 Å². The van der Waals surface area contributed by atoms with E-state index in [4.69, 9.17) is 5.11 Å². The summed E-state index contributed by atoms with van der Waals surface area (Å²) in [4.78, 5) is 10.6. The zero-order valence-electron chi connectivity index (χ0n) is 11.2. The molecular formula is C17H15NO2. The third-order valence-corrected chi connectivity index (χ3v) is 3.58. The molecule has 0 bridgehead atoms. The lowest BCUT2D eigenvalue weighted by atomic mass is 9.97. The van der Waals surface area contributed by atoms with Crippen molar-refractivity contribution in [2.75, 3.05) is 11.9 Å². The van der Waals surface area contributed by atoms with E-state index in [2.05, 4.69) is 30.4 Å². The summed E-state index contributed by atoms with van der Waals surface area (Å²) >= 11 is 0. The van der Waals surface area contributed by atoms with Crippen LogP contribution in [0, 0.1) is 6.92 Å². The molecule has 100 valence electrons. The second-order valence-corrected chi connectivity index (χ2v) is 4.91. The minimum Gasteiger partial charge on any atom is -0.480 e. The van der Waals surface area contributed by atoms with Crippen LogP contribution in [0.15, 0.2) is 48.5 Å². The third kappa shape index (κ3) is 2.18. The number of carboxylic acid groups (broad SMARTS) is 1. The second-order valence-electron chi connectivity index (χ2n) is 4.91. The Balaban J connectivity index is 2.14. The Hall–Kier alpha value is -2.55. The molecule has 20 heavy (non-hydrogen) atoms. The Kier molecular flexibility index (Phi) is 3.03. The highest BCUT2D eigenvalue weighted by molar-refractivity contribution is 6.03. The number of hydrogen-bond donors (Lipinski definition) is 2. The Morgan fingerprint density at radius 1 is 1.05 bits per heavy atom. The first-order chi connectivity index (χ1) is 9.65. The van der Waals surface area contributed by atoms with Crippen molar-refractivity contribution in [1.29, 1.82) is 0 Å². The van der Waals surface area contributed by atoms with Crippen LogP contribution >= 0.6 is 0 Å². The van der Waals surface area contributed by atoms with Gasteiger partial charge in [0.05, 0.1) is 0 Å². The number of aliphatic carboxylic acids is 1. The molecule has 0 spiro atoms. The lowest BCUT2D eigenvalue weighted by Gasteiger charge is -2.10. The predicted octanol–water partition coefficient (Wildman–Crippen LogP) is 3.80. The van der Waals surface area contributed by atoms with E-state index in [1.165, 1.54) is 21.7 Å². The van der Waals surface area contributed by atoms with E-state index >= 15 is 0 Å². The van der Waals surface area contributed by atoms with Gasteiger partial charge < -0.3 is 10.4 Å². The average molecular weight is 265 g/mol. The zero-order valence-corrected chi connectivity index (χ0v) is 11.2. The van der Waals surface area contributed by atoms with E-state index < -0.39 is 5.97 Å². The maximum atomic E-state index is 10.6. The Bertz CT molecular complexity index is 809. The normalized spacial score (nSPS) is 10.8. The van der Waals surface area contributed by atoms with Crippen molar-refractivity contribution in [1.82, 2.24) is 0 Å². The molecule has 0 atom stereocenters. The number of hydrogen-bond acceptors (Lipinski definition) is 2. The van der Waals surface area contributed by atoms with Crippen LogP contribution in [0.1, 0.15) is 5.56 Å². The summed E-state index contributed by atoms with van der Waals surface area (Å²) in [6, 6.07) is 16.4. The first kappa shape index (κ1) is 12.5. The zero-order chi connectivity index (χ0) is 14.1. The highest BCUT2D eigenvalue weighted by Crippen LogP contribution is 2.29. The van der Waals surface area contributed by atoms with Gasteiger partial charge in [0, 0.05) is 5.69 Å². The van der Waals surface area contributed by atoms with E-state index in [0.717, 1.165) is 11.1 Å². The molecule has 0 saturated heterocycles. The Labute approximate surface area is 116 Å². The van der Waals surface area contributed by atoms with E-state index in [9.17, 15) is 4.79 Å². The largest absolute Gasteiger partial charge is 0.480 e. The average Bonchev–Trinajstić information content (AvgIpc) is 2.45. The summed E-state index contributed by atoms with van der Waals surface area (Å²) in [5.74, 6) is -0.861. The van der Waals surface area contributed by atoms with Crippen LogP contribution in [0.5, 0.6) is 0 Å². The van der Waals surface area contributed by atoms with Crippen LogP contribution < -0.4 is 5.32 Å². The van der Waals surface area contributed by atoms with Crippen LogP contribution in [0.3, 0.4) is 0 Å². The van der Waals surface area contributed by atoms with E-state index in [1.54, 1.807) is 0 Å². The lowest BCUT2D eigenvalue weighted by Crippen LogP contribution is -2.12. The number of carboxylic acids is 1. The fraction of sp³-hybridized carbons (Fsp3) is 0.118. The topological polar surface area (TPSA) is 49.3 Å². The summed E-state index contributed by atoms with van der Waals surface area (Å²) in [6.45, 7) is 2.05. The highest BCUT2D eigenvalue weighted by atomic mass is 16.4. The summed E-state index contributed by atoms with van der Waals surface area (Å²) < 4.78 is 0. The molecule has 0 heterocycles. The van der Waals surface area contributed by atoms with Crippen LogP contribution in [0.4, 0.5) is 5.69 Å². The predicted molar refractivity (Wildman–Crippen MR) is 82.3 cm³/mol. The molecule has 2 N–H and O–H groups in total. The van der Waals surface area contributed by atoms with Crippen molar-refractivity contribution in [3.8, 4) is 0 Å². The second kappa shape index (κ2) is 4.85. The van der Waals surface area contributed by atoms with Crippen LogP contribution in [0.25, 0.3) is 21.5 Å². The van der Waals surface area contributed by atoms with Gasteiger partial charge in [0.1, 0.15) is 6.54 Å². The Morgan fingerprint density at radius 3 is 2.60 bits per heavy atom. The van der Waals surface area contributed by atoms with Gasteiger partial charge in [0.15, 0.2) is 0 Å². The van der Waals surface area contributed by atoms with E-state index in [-0.39, 0.29) is 6.54 Å². The van der Waals surface area contributed by atoms with Gasteiger partial charge in [-0.05, 0) is 52.2 Å². The molecule has 0 unspecified atom stereocenters. The van der Waals surface area contributed by atoms with Crippen molar-refractivity contribution >= 4 is 33.2 Å². The molecule has 3 aromatic carbocycles. The van der Waals surface area contributed by atoms with E-state index in [1.807, 2.05) is 30.3 Å². The number of aryl methyl sites for hydroxylation is 1. The van der Waals surface area contributed by atoms with Crippen molar-refractivity contribution in [2.45, 2.75) is 6.92 Å². The molecular weight excluding hydrogens is 250 g/mol. The first-order valence-corrected chi connectivity index (χ1v) is 6.53. The van der Waals surface area contributed by atoms with Gasteiger partial charge >= 0.3 is 5.97 Å². The molecule has 0 aliphatic carbocycles. The van der Waals surface area contributed by atoms with Crippen molar-refractivity contribution in [2.24, 2.45) is 0 Å². The number of nitrogens with one attached hydrogen (secondary N) is 1. The minimum atomic E-state index is -0.861. The molecule has 3 heteroatoms. The van der Waals surface area contributed by atoms with Crippen LogP contribution in [-0.4, -0.2) is 17.6 Å². The molecule has 0 saturated carbocycles. The molecule has 0 amide bonds. The quantitative estimate of drug-likeness (QED) is 0.708. The number of benzene rings is 3. The van der Waals surface area contributed by atoms with Crippen molar-refractivity contribution < 1.29 is 9.90 Å². The number of anilines is 1. The van der Waals surface area contributed by atoms with Crippen LogP contribution in [-0.2, 0) is 4.79 Å². The number of fused-ring (bicyclic) bond motifs is 2. The van der Waals surface area contributed by atoms with E-state index in [0.29, 0.717) is 0 Å². The fourth-order valence-electron chi connectivity index (χ4n) is 2.59. The van der Waals surface area contributed by atoms with Gasteiger partial charge in [-0.15, -0.1) is 0 Å². The maximum Gasteiger partial charge on any atom is 0.322 e. The maximum absolute atomic E-state index is 10.6. The molecule has 0 aliphatic rings. The smallest absolute Gasteiger partial charge is 0.322 e. The van der Waals surface area contributed by atoms with Gasteiger partial charge in [0.25, 0.3) is 0 Å². The van der Waals surface area contributed by atoms with Gasteiger partial charge in [0.2, 0.25) is 0 Å². The van der Waals surface area contributed by atoms with Gasteiger partial charge in [-0.3, -0.25) is 4.79 Å². The van der Waals surface area contributed by atoms with Crippen molar-refractivity contribution in [3.63, 3.8) is 0 Å². The molecule has 0 radical (unpaired) electrons. The monoisotopic (exact) mass is 265 g/mol. The van der Waals surface area contributed by atoms with Crippen LogP contribution in [0.2, 0.25) is 0 Å². The lowest BCUT2D eigenvalue weighted by molar-refractivity contribution is -0.134. The Morgan fingerprint density at radius 2 is 1.80 bits per heavy atom. The summed E-state index contributed by atoms with van der Waals surface area (Å²) in [6.07, 6.45) is 0. The van der Waals surface area contributed by atoms with Gasteiger partial charge in [-0.2, -0.15) is 0 Å².